The lowest BCUT2D eigenvalue weighted by molar-refractivity contribution is -0.384. The smallest absolute Gasteiger partial charge is 0.271 e. The summed E-state index contributed by atoms with van der Waals surface area (Å²) < 4.78 is 1.88. The fourth-order valence-electron chi connectivity index (χ4n) is 3.30. The number of amides is 1. The lowest BCUT2D eigenvalue weighted by Crippen LogP contribution is -2.15. The molecular formula is C24H21ClN6O3S. The van der Waals surface area contributed by atoms with Gasteiger partial charge in [-0.05, 0) is 42.8 Å². The molecule has 0 spiro atoms. The van der Waals surface area contributed by atoms with Crippen molar-refractivity contribution in [1.29, 1.82) is 0 Å². The molecule has 178 valence electrons. The minimum absolute atomic E-state index is 0.0504. The maximum Gasteiger partial charge on any atom is 0.271 e. The molecule has 2 N–H and O–H groups in total. The zero-order valence-electron chi connectivity index (χ0n) is 18.6. The SMILES string of the molecule is Cc1ccc([N+](=O)[O-])cc1NC(=O)CSc1nnc(CNc2cccc(Cl)c2)n1-c1ccccc1. The summed E-state index contributed by atoms with van der Waals surface area (Å²) in [5.41, 5.74) is 2.76. The Labute approximate surface area is 210 Å². The molecule has 0 fully saturated rings. The summed E-state index contributed by atoms with van der Waals surface area (Å²) in [6, 6.07) is 21.4. The second-order valence-corrected chi connectivity index (χ2v) is 8.91. The highest BCUT2D eigenvalue weighted by atomic mass is 35.5. The molecule has 1 amide bonds. The first-order valence-corrected chi connectivity index (χ1v) is 11.9. The van der Waals surface area contributed by atoms with Crippen LogP contribution in [0.1, 0.15) is 11.4 Å². The van der Waals surface area contributed by atoms with E-state index in [-0.39, 0.29) is 17.3 Å². The summed E-state index contributed by atoms with van der Waals surface area (Å²) in [5, 5.41) is 26.9. The Bertz CT molecular complexity index is 1360. The van der Waals surface area contributed by atoms with Crippen molar-refractivity contribution in [3.63, 3.8) is 0 Å². The van der Waals surface area contributed by atoms with Gasteiger partial charge in [-0.3, -0.25) is 19.5 Å². The van der Waals surface area contributed by atoms with Crippen LogP contribution in [0.2, 0.25) is 5.02 Å². The molecule has 3 aromatic carbocycles. The number of nitrogens with zero attached hydrogens (tertiary/aromatic N) is 4. The Kier molecular flexibility index (Phi) is 7.64. The van der Waals surface area contributed by atoms with Crippen LogP contribution in [0.4, 0.5) is 17.1 Å². The van der Waals surface area contributed by atoms with Crippen LogP contribution in [-0.4, -0.2) is 31.3 Å². The van der Waals surface area contributed by atoms with E-state index in [0.717, 1.165) is 16.9 Å². The fraction of sp³-hybridized carbons (Fsp3) is 0.125. The van der Waals surface area contributed by atoms with E-state index in [1.807, 2.05) is 53.1 Å². The lowest BCUT2D eigenvalue weighted by Gasteiger charge is -2.12. The number of rotatable bonds is 9. The second-order valence-electron chi connectivity index (χ2n) is 7.53. The summed E-state index contributed by atoms with van der Waals surface area (Å²) in [5.74, 6) is 0.405. The lowest BCUT2D eigenvalue weighted by atomic mass is 10.2. The predicted molar refractivity (Wildman–Crippen MR) is 137 cm³/mol. The van der Waals surface area contributed by atoms with Gasteiger partial charge in [-0.1, -0.05) is 53.7 Å². The van der Waals surface area contributed by atoms with Gasteiger partial charge in [-0.15, -0.1) is 10.2 Å². The molecule has 0 radical (unpaired) electrons. The number of halogens is 1. The number of carbonyl (C=O) groups is 1. The Hall–Kier alpha value is -3.89. The third kappa shape index (κ3) is 6.17. The van der Waals surface area contributed by atoms with Crippen LogP contribution in [0, 0.1) is 17.0 Å². The highest BCUT2D eigenvalue weighted by Gasteiger charge is 2.17. The molecule has 0 bridgehead atoms. The van der Waals surface area contributed by atoms with Gasteiger partial charge in [0.25, 0.3) is 5.69 Å². The first kappa shape index (κ1) is 24.2. The summed E-state index contributed by atoms with van der Waals surface area (Å²) in [6.07, 6.45) is 0. The number of nitro groups is 1. The van der Waals surface area contributed by atoms with Crippen molar-refractivity contribution in [1.82, 2.24) is 14.8 Å². The monoisotopic (exact) mass is 508 g/mol. The average Bonchev–Trinajstić information content (AvgIpc) is 3.26. The molecule has 0 aliphatic carbocycles. The average molecular weight is 509 g/mol. The number of aromatic nitrogens is 3. The van der Waals surface area contributed by atoms with Gasteiger partial charge in [-0.2, -0.15) is 0 Å². The standard InChI is InChI=1S/C24H21ClN6O3S/c1-16-10-11-20(31(33)34)13-21(16)27-23(32)15-35-24-29-28-22(30(24)19-8-3-2-4-9-19)14-26-18-7-5-6-17(25)12-18/h2-13,26H,14-15H2,1H3,(H,27,32). The zero-order chi connectivity index (χ0) is 24.8. The molecule has 1 aromatic heterocycles. The van der Waals surface area contributed by atoms with Gasteiger partial charge in [0.2, 0.25) is 5.91 Å². The van der Waals surface area contributed by atoms with Crippen molar-refractivity contribution in [2.75, 3.05) is 16.4 Å². The van der Waals surface area contributed by atoms with Crippen LogP contribution in [0.3, 0.4) is 0 Å². The molecule has 1 heterocycles. The fourth-order valence-corrected chi connectivity index (χ4v) is 4.26. The van der Waals surface area contributed by atoms with E-state index in [4.69, 9.17) is 11.6 Å². The van der Waals surface area contributed by atoms with E-state index in [2.05, 4.69) is 20.8 Å². The number of hydrogen-bond donors (Lipinski definition) is 2. The maximum absolute atomic E-state index is 12.6. The van der Waals surface area contributed by atoms with Gasteiger partial charge in [0.1, 0.15) is 0 Å². The first-order chi connectivity index (χ1) is 16.9. The molecule has 11 heteroatoms. The molecule has 4 aromatic rings. The second kappa shape index (κ2) is 11.0. The molecule has 9 nitrogen and oxygen atoms in total. The van der Waals surface area contributed by atoms with Gasteiger partial charge < -0.3 is 10.6 Å². The number of para-hydroxylation sites is 1. The number of aryl methyl sites for hydroxylation is 1. The quantitative estimate of drug-likeness (QED) is 0.175. The number of thioether (sulfide) groups is 1. The number of nitro benzene ring substituents is 1. The highest BCUT2D eigenvalue weighted by Crippen LogP contribution is 2.25. The number of non-ortho nitro benzene ring substituents is 1. The minimum Gasteiger partial charge on any atom is -0.378 e. The predicted octanol–water partition coefficient (Wildman–Crippen LogP) is 5.48. The van der Waals surface area contributed by atoms with Crippen LogP contribution in [0.25, 0.3) is 5.69 Å². The highest BCUT2D eigenvalue weighted by molar-refractivity contribution is 7.99. The first-order valence-electron chi connectivity index (χ1n) is 10.6. The van der Waals surface area contributed by atoms with Crippen molar-refractivity contribution in [3.8, 4) is 5.69 Å². The Morgan fingerprint density at radius 3 is 2.63 bits per heavy atom. The number of benzene rings is 3. The van der Waals surface area contributed by atoms with Crippen LogP contribution in [0.15, 0.2) is 78.0 Å². The molecule has 0 atom stereocenters. The Morgan fingerprint density at radius 2 is 1.89 bits per heavy atom. The molecule has 35 heavy (non-hydrogen) atoms. The van der Waals surface area contributed by atoms with Crippen LogP contribution >= 0.6 is 23.4 Å². The number of hydrogen-bond acceptors (Lipinski definition) is 7. The van der Waals surface area contributed by atoms with Crippen molar-refractivity contribution < 1.29 is 9.72 Å². The topological polar surface area (TPSA) is 115 Å². The van der Waals surface area contributed by atoms with E-state index in [1.165, 1.54) is 23.9 Å². The number of carbonyl (C=O) groups excluding carboxylic acids is 1. The van der Waals surface area contributed by atoms with E-state index in [1.54, 1.807) is 19.1 Å². The largest absolute Gasteiger partial charge is 0.378 e. The molecule has 0 saturated heterocycles. The third-order valence-corrected chi connectivity index (χ3v) is 6.19. The normalized spacial score (nSPS) is 10.7. The van der Waals surface area contributed by atoms with Gasteiger partial charge in [0, 0.05) is 28.5 Å². The summed E-state index contributed by atoms with van der Waals surface area (Å²) >= 11 is 7.30. The van der Waals surface area contributed by atoms with Crippen LogP contribution in [0.5, 0.6) is 0 Å². The Balaban J connectivity index is 1.50. The van der Waals surface area contributed by atoms with Crippen molar-refractivity contribution in [2.45, 2.75) is 18.6 Å². The number of anilines is 2. The maximum atomic E-state index is 12.6. The summed E-state index contributed by atoms with van der Waals surface area (Å²) in [7, 11) is 0. The van der Waals surface area contributed by atoms with Gasteiger partial charge in [0.05, 0.1) is 22.9 Å². The molecule has 4 rings (SSSR count). The van der Waals surface area contributed by atoms with E-state index in [0.29, 0.717) is 28.2 Å². The number of nitrogens with one attached hydrogen (secondary N) is 2. The van der Waals surface area contributed by atoms with Crippen molar-refractivity contribution in [2.24, 2.45) is 0 Å². The molecular weight excluding hydrogens is 488 g/mol. The van der Waals surface area contributed by atoms with Gasteiger partial charge in [-0.25, -0.2) is 0 Å². The van der Waals surface area contributed by atoms with Crippen LogP contribution < -0.4 is 10.6 Å². The van der Waals surface area contributed by atoms with Gasteiger partial charge in [0.15, 0.2) is 11.0 Å². The molecule has 0 unspecified atom stereocenters. The van der Waals surface area contributed by atoms with Crippen molar-refractivity contribution in [3.05, 3.63) is 99.3 Å². The molecule has 0 saturated carbocycles. The Morgan fingerprint density at radius 1 is 1.09 bits per heavy atom. The molecule has 0 aliphatic heterocycles. The van der Waals surface area contributed by atoms with E-state index < -0.39 is 4.92 Å². The van der Waals surface area contributed by atoms with E-state index >= 15 is 0 Å². The van der Waals surface area contributed by atoms with Crippen LogP contribution in [-0.2, 0) is 11.3 Å². The third-order valence-electron chi connectivity index (χ3n) is 5.03. The van der Waals surface area contributed by atoms with Crippen molar-refractivity contribution >= 4 is 46.3 Å². The summed E-state index contributed by atoms with van der Waals surface area (Å²) in [6.45, 7) is 2.17. The van der Waals surface area contributed by atoms with Gasteiger partial charge >= 0.3 is 0 Å². The minimum atomic E-state index is -0.495. The van der Waals surface area contributed by atoms with E-state index in [9.17, 15) is 14.9 Å². The molecule has 0 aliphatic rings. The summed E-state index contributed by atoms with van der Waals surface area (Å²) in [4.78, 5) is 23.2. The zero-order valence-corrected chi connectivity index (χ0v) is 20.2.